The highest BCUT2D eigenvalue weighted by atomic mass is 32.1. The number of anilines is 2. The number of nitrogens with zero attached hydrogens (tertiary/aromatic N) is 3. The predicted molar refractivity (Wildman–Crippen MR) is 128 cm³/mol. The van der Waals surface area contributed by atoms with E-state index in [-0.39, 0.29) is 5.92 Å². The number of nitrogens with one attached hydrogen (secondary N) is 3. The average Bonchev–Trinajstić information content (AvgIpc) is 3.40. The van der Waals surface area contributed by atoms with Gasteiger partial charge in [0.15, 0.2) is 11.3 Å². The summed E-state index contributed by atoms with van der Waals surface area (Å²) in [6, 6.07) is 12.7. The Morgan fingerprint density at radius 2 is 1.84 bits per heavy atom. The minimum absolute atomic E-state index is 0.250. The first-order valence-corrected chi connectivity index (χ1v) is 11.3. The summed E-state index contributed by atoms with van der Waals surface area (Å²) in [7, 11) is 0. The lowest BCUT2D eigenvalue weighted by Gasteiger charge is -2.18. The van der Waals surface area contributed by atoms with E-state index in [1.807, 2.05) is 0 Å². The molecule has 0 atom stereocenters. The molecule has 4 N–H and O–H groups in total. The second-order valence-electron chi connectivity index (χ2n) is 8.58. The average molecular weight is 437 g/mol. The van der Waals surface area contributed by atoms with Gasteiger partial charge >= 0.3 is 0 Å². The first-order chi connectivity index (χ1) is 14.8. The van der Waals surface area contributed by atoms with E-state index in [0.717, 1.165) is 16.8 Å². The number of aliphatic hydroxyl groups is 1. The quantitative estimate of drug-likeness (QED) is 0.310. The van der Waals surface area contributed by atoms with Gasteiger partial charge in [-0.25, -0.2) is 4.98 Å². The highest BCUT2D eigenvalue weighted by molar-refractivity contribution is 7.13. The number of fused-ring (bicyclic) bond motifs is 1. The van der Waals surface area contributed by atoms with Crippen molar-refractivity contribution >= 4 is 34.1 Å². The zero-order valence-corrected chi connectivity index (χ0v) is 19.0. The third-order valence-electron chi connectivity index (χ3n) is 4.90. The van der Waals surface area contributed by atoms with Crippen LogP contribution in [-0.2, 0) is 6.54 Å². The Morgan fingerprint density at radius 3 is 2.48 bits per heavy atom. The molecule has 4 aromatic rings. The van der Waals surface area contributed by atoms with Crippen molar-refractivity contribution in [3.8, 4) is 10.4 Å². The number of H-pyrrole nitrogens is 1. The fourth-order valence-electron chi connectivity index (χ4n) is 3.23. The van der Waals surface area contributed by atoms with E-state index in [9.17, 15) is 5.11 Å². The predicted octanol–water partition coefficient (Wildman–Crippen LogP) is 5.00. The molecule has 0 amide bonds. The van der Waals surface area contributed by atoms with Gasteiger partial charge in [-0.1, -0.05) is 44.2 Å². The summed E-state index contributed by atoms with van der Waals surface area (Å²) in [5, 5.41) is 26.3. The van der Waals surface area contributed by atoms with Crippen molar-refractivity contribution in [2.45, 2.75) is 45.8 Å². The molecule has 0 aliphatic heterocycles. The molecule has 0 bridgehead atoms. The second-order valence-corrected chi connectivity index (χ2v) is 9.53. The van der Waals surface area contributed by atoms with E-state index in [4.69, 9.17) is 0 Å². The molecule has 162 valence electrons. The number of benzene rings is 1. The van der Waals surface area contributed by atoms with Gasteiger partial charge in [-0.15, -0.1) is 11.3 Å². The van der Waals surface area contributed by atoms with E-state index in [2.05, 4.69) is 86.4 Å². The van der Waals surface area contributed by atoms with E-state index >= 15 is 0 Å². The van der Waals surface area contributed by atoms with Crippen LogP contribution in [0.5, 0.6) is 0 Å². The third-order valence-corrected chi connectivity index (χ3v) is 5.82. The fraction of sp³-hybridized carbons (Fsp3) is 0.348. The Balaban J connectivity index is 1.58. The molecule has 0 saturated heterocycles. The SMILES string of the molecule is CC(C)c1[nH]nc2c(NCc3ccc(-c4cccs4)cc3)nc(NCC(C)(C)O)nc12. The summed E-state index contributed by atoms with van der Waals surface area (Å²) in [6.45, 7) is 8.65. The van der Waals surface area contributed by atoms with E-state index in [0.29, 0.717) is 30.4 Å². The van der Waals surface area contributed by atoms with Crippen molar-refractivity contribution in [2.24, 2.45) is 0 Å². The van der Waals surface area contributed by atoms with Crippen LogP contribution >= 0.6 is 11.3 Å². The Bertz CT molecular complexity index is 1140. The van der Waals surface area contributed by atoms with Crippen LogP contribution in [0.3, 0.4) is 0 Å². The van der Waals surface area contributed by atoms with Crippen LogP contribution in [0.15, 0.2) is 41.8 Å². The number of rotatable bonds is 8. The van der Waals surface area contributed by atoms with Gasteiger partial charge in [0.1, 0.15) is 5.52 Å². The number of hydrogen-bond acceptors (Lipinski definition) is 7. The van der Waals surface area contributed by atoms with Gasteiger partial charge in [0.2, 0.25) is 5.95 Å². The molecule has 4 rings (SSSR count). The lowest BCUT2D eigenvalue weighted by molar-refractivity contribution is 0.0943. The molecule has 0 saturated carbocycles. The van der Waals surface area contributed by atoms with E-state index < -0.39 is 5.60 Å². The molecule has 7 nitrogen and oxygen atoms in total. The van der Waals surface area contributed by atoms with Crippen LogP contribution < -0.4 is 10.6 Å². The molecule has 1 aromatic carbocycles. The Morgan fingerprint density at radius 1 is 1.06 bits per heavy atom. The molecule has 0 unspecified atom stereocenters. The molecular formula is C23H28N6OS. The summed E-state index contributed by atoms with van der Waals surface area (Å²) in [5.74, 6) is 1.38. The molecule has 3 aromatic heterocycles. The smallest absolute Gasteiger partial charge is 0.225 e. The first-order valence-electron chi connectivity index (χ1n) is 10.4. The summed E-state index contributed by atoms with van der Waals surface area (Å²) in [6.07, 6.45) is 0. The van der Waals surface area contributed by atoms with Crippen LogP contribution in [0, 0.1) is 0 Å². The molecule has 31 heavy (non-hydrogen) atoms. The number of hydrogen-bond donors (Lipinski definition) is 4. The second kappa shape index (κ2) is 8.64. The minimum atomic E-state index is -0.868. The van der Waals surface area contributed by atoms with Gasteiger partial charge in [0.05, 0.1) is 11.3 Å². The number of aromatic amines is 1. The number of thiophene rings is 1. The summed E-state index contributed by atoms with van der Waals surface area (Å²) >= 11 is 1.74. The van der Waals surface area contributed by atoms with Gasteiger partial charge < -0.3 is 15.7 Å². The first kappa shape index (κ1) is 21.3. The largest absolute Gasteiger partial charge is 0.389 e. The van der Waals surface area contributed by atoms with Crippen LogP contribution in [-0.4, -0.2) is 37.4 Å². The zero-order chi connectivity index (χ0) is 22.0. The van der Waals surface area contributed by atoms with Crippen molar-refractivity contribution in [1.82, 2.24) is 20.2 Å². The van der Waals surface area contributed by atoms with Crippen LogP contribution in [0.2, 0.25) is 0 Å². The molecule has 0 spiro atoms. The van der Waals surface area contributed by atoms with Gasteiger partial charge in [0, 0.05) is 18.0 Å². The number of aromatic nitrogens is 4. The summed E-state index contributed by atoms with van der Waals surface area (Å²) in [5.41, 5.74) is 3.97. The van der Waals surface area contributed by atoms with Crippen LogP contribution in [0.25, 0.3) is 21.5 Å². The van der Waals surface area contributed by atoms with E-state index in [1.165, 1.54) is 10.4 Å². The standard InChI is InChI=1S/C23H28N6OS/c1-14(2)18-19-20(29-28-18)21(27-22(26-19)25-13-23(3,4)30)24-12-15-7-9-16(10-8-15)17-6-5-11-31-17/h5-11,14,30H,12-13H2,1-4H3,(H,28,29)(H2,24,25,26,27). The molecule has 0 aliphatic rings. The maximum absolute atomic E-state index is 10.1. The molecule has 8 heteroatoms. The monoisotopic (exact) mass is 436 g/mol. The Labute approximate surface area is 186 Å². The summed E-state index contributed by atoms with van der Waals surface area (Å²) in [4.78, 5) is 10.5. The fourth-order valence-corrected chi connectivity index (χ4v) is 3.97. The maximum Gasteiger partial charge on any atom is 0.225 e. The van der Waals surface area contributed by atoms with Gasteiger partial charge in [-0.2, -0.15) is 10.1 Å². The highest BCUT2D eigenvalue weighted by Crippen LogP contribution is 2.28. The Hall–Kier alpha value is -2.97. The normalized spacial score (nSPS) is 11.9. The van der Waals surface area contributed by atoms with Crippen molar-refractivity contribution in [3.05, 3.63) is 53.0 Å². The van der Waals surface area contributed by atoms with Crippen LogP contribution in [0.4, 0.5) is 11.8 Å². The maximum atomic E-state index is 10.1. The lowest BCUT2D eigenvalue weighted by atomic mass is 10.1. The Kier molecular flexibility index (Phi) is 5.93. The van der Waals surface area contributed by atoms with E-state index in [1.54, 1.807) is 25.2 Å². The molecule has 0 aliphatic carbocycles. The lowest BCUT2D eigenvalue weighted by Crippen LogP contribution is -2.30. The third kappa shape index (κ3) is 5.03. The molecule has 0 radical (unpaired) electrons. The van der Waals surface area contributed by atoms with Gasteiger partial charge in [0.25, 0.3) is 0 Å². The molecule has 0 fully saturated rings. The van der Waals surface area contributed by atoms with Crippen molar-refractivity contribution in [2.75, 3.05) is 17.2 Å². The van der Waals surface area contributed by atoms with Crippen molar-refractivity contribution in [1.29, 1.82) is 0 Å². The van der Waals surface area contributed by atoms with Crippen LogP contribution in [0.1, 0.15) is 44.9 Å². The topological polar surface area (TPSA) is 98.8 Å². The molecule has 3 heterocycles. The minimum Gasteiger partial charge on any atom is -0.389 e. The highest BCUT2D eigenvalue weighted by Gasteiger charge is 2.18. The van der Waals surface area contributed by atoms with Gasteiger partial charge in [-0.3, -0.25) is 5.10 Å². The zero-order valence-electron chi connectivity index (χ0n) is 18.2. The van der Waals surface area contributed by atoms with Crippen molar-refractivity contribution < 1.29 is 5.11 Å². The van der Waals surface area contributed by atoms with Gasteiger partial charge in [-0.05, 0) is 42.3 Å². The summed E-state index contributed by atoms with van der Waals surface area (Å²) < 4.78 is 0. The van der Waals surface area contributed by atoms with Crippen molar-refractivity contribution in [3.63, 3.8) is 0 Å². The molecular weight excluding hydrogens is 408 g/mol.